The minimum absolute atomic E-state index is 0.0947. The van der Waals surface area contributed by atoms with E-state index in [1.165, 1.54) is 4.88 Å². The van der Waals surface area contributed by atoms with E-state index in [1.54, 1.807) is 33.2 Å². The van der Waals surface area contributed by atoms with Crippen LogP contribution in [0.25, 0.3) is 0 Å². The van der Waals surface area contributed by atoms with Crippen molar-refractivity contribution < 1.29 is 13.2 Å². The first-order valence-corrected chi connectivity index (χ1v) is 9.73. The Morgan fingerprint density at radius 2 is 2.17 bits per heavy atom. The summed E-state index contributed by atoms with van der Waals surface area (Å²) in [5.41, 5.74) is 0. The zero-order valence-corrected chi connectivity index (χ0v) is 14.3. The fraction of sp³-hybridized carbons (Fsp3) is 0.429. The Balaban J connectivity index is 1.77. The van der Waals surface area contributed by atoms with E-state index in [-0.39, 0.29) is 24.0 Å². The van der Waals surface area contributed by atoms with Crippen molar-refractivity contribution in [2.45, 2.75) is 19.9 Å². The van der Waals surface area contributed by atoms with Crippen LogP contribution >= 0.6 is 11.3 Å². The van der Waals surface area contributed by atoms with Crippen molar-refractivity contribution in [1.82, 2.24) is 9.78 Å². The summed E-state index contributed by atoms with van der Waals surface area (Å²) in [6.45, 7) is 2.98. The molecular weight excluding hydrogens is 336 g/mol. The molecule has 3 rings (SSSR count). The van der Waals surface area contributed by atoms with Crippen molar-refractivity contribution in [3.63, 3.8) is 0 Å². The molecule has 1 amide bonds. The Kier molecular flexibility index (Phi) is 4.26. The van der Waals surface area contributed by atoms with Gasteiger partial charge in [0.25, 0.3) is 0 Å². The zero-order valence-electron chi connectivity index (χ0n) is 12.7. The first-order valence-electron chi connectivity index (χ1n) is 7.20. The van der Waals surface area contributed by atoms with Crippen molar-refractivity contribution >= 4 is 33.1 Å². The molecule has 9 heteroatoms. The molecule has 124 valence electrons. The van der Waals surface area contributed by atoms with Gasteiger partial charge >= 0.3 is 0 Å². The molecule has 0 aromatic carbocycles. The Morgan fingerprint density at radius 1 is 1.39 bits per heavy atom. The molecule has 0 radical (unpaired) electrons. The third-order valence-corrected chi connectivity index (χ3v) is 5.67. The molecule has 3 heterocycles. The summed E-state index contributed by atoms with van der Waals surface area (Å²) >= 11 is 1.69. The van der Waals surface area contributed by atoms with Gasteiger partial charge in [-0.05, 0) is 19.1 Å². The number of aromatic nitrogens is 2. The lowest BCUT2D eigenvalue weighted by Gasteiger charge is -2.17. The van der Waals surface area contributed by atoms with Crippen LogP contribution < -0.4 is 10.0 Å². The molecule has 1 unspecified atom stereocenters. The second-order valence-electron chi connectivity index (χ2n) is 5.76. The molecule has 2 aromatic heterocycles. The smallest absolute Gasteiger partial charge is 0.228 e. The number of rotatable bonds is 5. The maximum absolute atomic E-state index is 12.2. The van der Waals surface area contributed by atoms with Crippen LogP contribution in [0.3, 0.4) is 0 Å². The highest BCUT2D eigenvalue weighted by atomic mass is 32.2. The number of carbonyl (C=O) groups is 1. The standard InChI is InChI=1S/C14H18N4O3S2/c1-10-2-3-12(22-10)8-18-13(4-5-16-18)17-7-11(6-14(17)19)9-23(15,20)21/h2-5,11H,6-9H2,1H3,(H2,15,20,21). The number of thiophene rings is 1. The maximum atomic E-state index is 12.2. The van der Waals surface area contributed by atoms with Gasteiger partial charge in [0.15, 0.2) is 0 Å². The monoisotopic (exact) mass is 354 g/mol. The Morgan fingerprint density at radius 3 is 2.83 bits per heavy atom. The highest BCUT2D eigenvalue weighted by Crippen LogP contribution is 2.27. The van der Waals surface area contributed by atoms with Crippen molar-refractivity contribution in [1.29, 1.82) is 0 Å². The highest BCUT2D eigenvalue weighted by Gasteiger charge is 2.34. The maximum Gasteiger partial charge on any atom is 0.228 e. The number of nitrogens with zero attached hydrogens (tertiary/aromatic N) is 3. The van der Waals surface area contributed by atoms with Crippen LogP contribution in [-0.2, 0) is 21.4 Å². The second-order valence-corrected chi connectivity index (χ2v) is 8.79. The van der Waals surface area contributed by atoms with E-state index < -0.39 is 10.0 Å². The molecule has 0 bridgehead atoms. The van der Waals surface area contributed by atoms with Gasteiger partial charge in [-0.1, -0.05) is 0 Å². The van der Waals surface area contributed by atoms with Crippen molar-refractivity contribution in [3.8, 4) is 0 Å². The molecule has 1 fully saturated rings. The summed E-state index contributed by atoms with van der Waals surface area (Å²) in [6.07, 6.45) is 1.84. The fourth-order valence-electron chi connectivity index (χ4n) is 2.84. The molecule has 7 nitrogen and oxygen atoms in total. The number of nitrogens with two attached hydrogens (primary N) is 1. The predicted molar refractivity (Wildman–Crippen MR) is 88.8 cm³/mol. The summed E-state index contributed by atoms with van der Waals surface area (Å²) in [6, 6.07) is 5.87. The van der Waals surface area contributed by atoms with Gasteiger partial charge in [0.05, 0.1) is 18.5 Å². The molecule has 2 N–H and O–H groups in total. The third kappa shape index (κ3) is 3.80. The quantitative estimate of drug-likeness (QED) is 0.864. The topological polar surface area (TPSA) is 98.3 Å². The predicted octanol–water partition coefficient (Wildman–Crippen LogP) is 0.943. The molecular formula is C14H18N4O3S2. The van der Waals surface area contributed by atoms with E-state index in [0.717, 1.165) is 4.88 Å². The molecule has 1 atom stereocenters. The van der Waals surface area contributed by atoms with Gasteiger partial charge in [0, 0.05) is 34.7 Å². The van der Waals surface area contributed by atoms with E-state index in [2.05, 4.69) is 5.10 Å². The average Bonchev–Trinajstić information content (AvgIpc) is 3.10. The van der Waals surface area contributed by atoms with E-state index in [4.69, 9.17) is 5.14 Å². The number of anilines is 1. The van der Waals surface area contributed by atoms with Crippen LogP contribution in [0.4, 0.5) is 5.82 Å². The normalized spacial score (nSPS) is 18.8. The number of carbonyl (C=O) groups excluding carboxylic acids is 1. The first-order chi connectivity index (χ1) is 10.8. The molecule has 1 aliphatic heterocycles. The molecule has 0 saturated carbocycles. The largest absolute Gasteiger partial charge is 0.297 e. The van der Waals surface area contributed by atoms with Crippen LogP contribution in [0.5, 0.6) is 0 Å². The van der Waals surface area contributed by atoms with Crippen molar-refractivity contribution in [3.05, 3.63) is 34.2 Å². The van der Waals surface area contributed by atoms with Gasteiger partial charge in [-0.3, -0.25) is 9.69 Å². The van der Waals surface area contributed by atoms with Crippen molar-refractivity contribution in [2.75, 3.05) is 17.2 Å². The van der Waals surface area contributed by atoms with Gasteiger partial charge in [-0.25, -0.2) is 18.2 Å². The fourth-order valence-corrected chi connectivity index (χ4v) is 4.59. The Hall–Kier alpha value is -1.71. The lowest BCUT2D eigenvalue weighted by Crippen LogP contribution is -2.29. The van der Waals surface area contributed by atoms with Gasteiger partial charge < -0.3 is 0 Å². The summed E-state index contributed by atoms with van der Waals surface area (Å²) in [4.78, 5) is 16.2. The van der Waals surface area contributed by atoms with Crippen LogP contribution in [0.2, 0.25) is 0 Å². The van der Waals surface area contributed by atoms with Crippen LogP contribution in [0.1, 0.15) is 16.2 Å². The Bertz CT molecular complexity index is 825. The zero-order chi connectivity index (χ0) is 16.6. The van der Waals surface area contributed by atoms with Gasteiger partial charge in [-0.15, -0.1) is 11.3 Å². The molecule has 23 heavy (non-hydrogen) atoms. The molecule has 0 spiro atoms. The first kappa shape index (κ1) is 16.2. The summed E-state index contributed by atoms with van der Waals surface area (Å²) < 4.78 is 24.2. The number of hydrogen-bond acceptors (Lipinski definition) is 5. The number of aryl methyl sites for hydroxylation is 1. The third-order valence-electron chi connectivity index (χ3n) is 3.75. The summed E-state index contributed by atoms with van der Waals surface area (Å²) in [5, 5.41) is 9.37. The van der Waals surface area contributed by atoms with Gasteiger partial charge in [-0.2, -0.15) is 5.10 Å². The minimum Gasteiger partial charge on any atom is -0.297 e. The van der Waals surface area contributed by atoms with Crippen LogP contribution in [0.15, 0.2) is 24.4 Å². The van der Waals surface area contributed by atoms with E-state index >= 15 is 0 Å². The number of amides is 1. The van der Waals surface area contributed by atoms with Crippen LogP contribution in [0, 0.1) is 12.8 Å². The lowest BCUT2D eigenvalue weighted by atomic mass is 10.1. The average molecular weight is 354 g/mol. The second kappa shape index (κ2) is 6.06. The highest BCUT2D eigenvalue weighted by molar-refractivity contribution is 7.89. The van der Waals surface area contributed by atoms with Crippen LogP contribution in [-0.4, -0.2) is 36.4 Å². The van der Waals surface area contributed by atoms with E-state index in [1.807, 2.05) is 19.1 Å². The van der Waals surface area contributed by atoms with E-state index in [9.17, 15) is 13.2 Å². The summed E-state index contributed by atoms with van der Waals surface area (Å²) in [5.74, 6) is 0.151. The molecule has 0 aliphatic carbocycles. The molecule has 2 aromatic rings. The number of hydrogen-bond donors (Lipinski definition) is 1. The minimum atomic E-state index is -3.58. The van der Waals surface area contributed by atoms with Gasteiger partial charge in [0.1, 0.15) is 5.82 Å². The number of sulfonamides is 1. The number of primary sulfonamides is 1. The Labute approximate surface area is 138 Å². The van der Waals surface area contributed by atoms with Crippen molar-refractivity contribution in [2.24, 2.45) is 11.1 Å². The summed E-state index contributed by atoms with van der Waals surface area (Å²) in [7, 11) is -3.58. The SMILES string of the molecule is Cc1ccc(Cn2nccc2N2CC(CS(N)(=O)=O)CC2=O)s1. The molecule has 1 saturated heterocycles. The molecule has 1 aliphatic rings. The van der Waals surface area contributed by atoms with Gasteiger partial charge in [0.2, 0.25) is 15.9 Å². The van der Waals surface area contributed by atoms with E-state index in [0.29, 0.717) is 18.9 Å². The lowest BCUT2D eigenvalue weighted by molar-refractivity contribution is -0.117.